The molecule has 1 saturated carbocycles. The summed E-state index contributed by atoms with van der Waals surface area (Å²) in [7, 11) is 0. The monoisotopic (exact) mass is 232 g/mol. The van der Waals surface area contributed by atoms with Crippen molar-refractivity contribution in [1.82, 2.24) is 0 Å². The molecular weight excluding hydrogens is 212 g/mol. The van der Waals surface area contributed by atoms with Gasteiger partial charge in [0.2, 0.25) is 0 Å². The van der Waals surface area contributed by atoms with E-state index in [4.69, 9.17) is 4.74 Å². The van der Waals surface area contributed by atoms with Gasteiger partial charge < -0.3 is 4.74 Å². The fourth-order valence-corrected chi connectivity index (χ4v) is 2.37. The first-order valence-corrected chi connectivity index (χ1v) is 6.49. The van der Waals surface area contributed by atoms with Crippen molar-refractivity contribution in [3.8, 4) is 5.75 Å². The highest BCUT2D eigenvalue weighted by atomic mass is 16.5. The molecule has 0 aromatic heterocycles. The van der Waals surface area contributed by atoms with Crippen molar-refractivity contribution < 1.29 is 9.53 Å². The molecule has 0 N–H and O–H groups in total. The van der Waals surface area contributed by atoms with E-state index < -0.39 is 0 Å². The van der Waals surface area contributed by atoms with E-state index in [1.165, 1.54) is 32.1 Å². The minimum Gasteiger partial charge on any atom is -0.493 e. The number of carbonyl (C=O) groups is 1. The second kappa shape index (κ2) is 5.85. The van der Waals surface area contributed by atoms with Crippen LogP contribution >= 0.6 is 0 Å². The molecule has 1 aliphatic carbocycles. The summed E-state index contributed by atoms with van der Waals surface area (Å²) in [6, 6.07) is 7.48. The third-order valence-corrected chi connectivity index (χ3v) is 3.45. The van der Waals surface area contributed by atoms with Crippen LogP contribution in [0.2, 0.25) is 0 Å². The first-order chi connectivity index (χ1) is 8.25. The van der Waals surface area contributed by atoms with Gasteiger partial charge in [-0.3, -0.25) is 4.79 Å². The summed E-state index contributed by atoms with van der Waals surface area (Å²) < 4.78 is 5.78. The van der Waals surface area contributed by atoms with Crippen molar-refractivity contribution in [1.29, 1.82) is 0 Å². The molecule has 1 aliphatic rings. The number of ketones is 1. The molecule has 17 heavy (non-hydrogen) atoms. The molecule has 1 fully saturated rings. The summed E-state index contributed by atoms with van der Waals surface area (Å²) in [6.07, 6.45) is 6.61. The van der Waals surface area contributed by atoms with Crippen LogP contribution in [0.25, 0.3) is 0 Å². The molecule has 1 aromatic rings. The highest BCUT2D eigenvalue weighted by Gasteiger charge is 2.14. The molecule has 0 bridgehead atoms. The predicted octanol–water partition coefficient (Wildman–Crippen LogP) is 3.85. The van der Waals surface area contributed by atoms with Gasteiger partial charge in [-0.05, 0) is 37.8 Å². The SMILES string of the molecule is CC(=O)c1cccc(OCC2CCCCC2)c1. The van der Waals surface area contributed by atoms with Gasteiger partial charge in [0.1, 0.15) is 5.75 Å². The summed E-state index contributed by atoms with van der Waals surface area (Å²) in [6.45, 7) is 2.38. The lowest BCUT2D eigenvalue weighted by Crippen LogP contribution is -2.15. The van der Waals surface area contributed by atoms with Crippen LogP contribution in [0.15, 0.2) is 24.3 Å². The van der Waals surface area contributed by atoms with E-state index in [0.717, 1.165) is 17.9 Å². The van der Waals surface area contributed by atoms with Crippen LogP contribution in [0.5, 0.6) is 5.75 Å². The van der Waals surface area contributed by atoms with Crippen LogP contribution in [0.4, 0.5) is 0 Å². The summed E-state index contributed by atoms with van der Waals surface area (Å²) in [5.74, 6) is 1.61. The van der Waals surface area contributed by atoms with E-state index in [-0.39, 0.29) is 5.78 Å². The molecule has 0 amide bonds. The third kappa shape index (κ3) is 3.58. The Balaban J connectivity index is 1.89. The van der Waals surface area contributed by atoms with Crippen molar-refractivity contribution in [2.75, 3.05) is 6.61 Å². The maximum absolute atomic E-state index is 11.2. The van der Waals surface area contributed by atoms with Crippen LogP contribution < -0.4 is 4.74 Å². The lowest BCUT2D eigenvalue weighted by Gasteiger charge is -2.21. The number of benzene rings is 1. The average Bonchev–Trinajstić information content (AvgIpc) is 2.38. The smallest absolute Gasteiger partial charge is 0.159 e. The van der Waals surface area contributed by atoms with Gasteiger partial charge in [0, 0.05) is 5.56 Å². The first-order valence-electron chi connectivity index (χ1n) is 6.49. The Kier molecular flexibility index (Phi) is 4.18. The fraction of sp³-hybridized carbons (Fsp3) is 0.533. The van der Waals surface area contributed by atoms with Crippen LogP contribution in [-0.4, -0.2) is 12.4 Å². The Labute approximate surface area is 103 Å². The van der Waals surface area contributed by atoms with Crippen LogP contribution in [0.3, 0.4) is 0 Å². The first kappa shape index (κ1) is 12.2. The van der Waals surface area contributed by atoms with Gasteiger partial charge in [-0.15, -0.1) is 0 Å². The van der Waals surface area contributed by atoms with Gasteiger partial charge in [-0.2, -0.15) is 0 Å². The minimum atomic E-state index is 0.0908. The molecule has 0 aliphatic heterocycles. The molecule has 2 nitrogen and oxygen atoms in total. The maximum Gasteiger partial charge on any atom is 0.159 e. The number of ether oxygens (including phenoxy) is 1. The number of rotatable bonds is 4. The molecule has 0 radical (unpaired) electrons. The van der Waals surface area contributed by atoms with E-state index in [1.54, 1.807) is 6.92 Å². The molecule has 0 unspecified atom stereocenters. The zero-order valence-electron chi connectivity index (χ0n) is 10.4. The normalized spacial score (nSPS) is 16.8. The predicted molar refractivity (Wildman–Crippen MR) is 68.5 cm³/mol. The average molecular weight is 232 g/mol. The zero-order valence-corrected chi connectivity index (χ0v) is 10.4. The Hall–Kier alpha value is -1.31. The summed E-state index contributed by atoms with van der Waals surface area (Å²) in [5.41, 5.74) is 0.728. The van der Waals surface area contributed by atoms with Crippen molar-refractivity contribution in [3.63, 3.8) is 0 Å². The van der Waals surface area contributed by atoms with E-state index >= 15 is 0 Å². The van der Waals surface area contributed by atoms with Gasteiger partial charge in [0.15, 0.2) is 5.78 Å². The minimum absolute atomic E-state index is 0.0908. The summed E-state index contributed by atoms with van der Waals surface area (Å²) >= 11 is 0. The third-order valence-electron chi connectivity index (χ3n) is 3.45. The van der Waals surface area contributed by atoms with Crippen molar-refractivity contribution >= 4 is 5.78 Å². The van der Waals surface area contributed by atoms with Gasteiger partial charge in [0.05, 0.1) is 6.61 Å². The van der Waals surface area contributed by atoms with Gasteiger partial charge in [0.25, 0.3) is 0 Å². The standard InChI is InChI=1S/C15H20O2/c1-12(16)14-8-5-9-15(10-14)17-11-13-6-3-2-4-7-13/h5,8-10,13H,2-4,6-7,11H2,1H3. The quantitative estimate of drug-likeness (QED) is 0.737. The van der Waals surface area contributed by atoms with E-state index in [0.29, 0.717) is 5.92 Å². The van der Waals surface area contributed by atoms with Crippen LogP contribution in [0, 0.1) is 5.92 Å². The topological polar surface area (TPSA) is 26.3 Å². The van der Waals surface area contributed by atoms with Gasteiger partial charge in [-0.1, -0.05) is 31.4 Å². The molecule has 0 heterocycles. The van der Waals surface area contributed by atoms with Crippen molar-refractivity contribution in [2.24, 2.45) is 5.92 Å². The second-order valence-electron chi connectivity index (χ2n) is 4.90. The summed E-state index contributed by atoms with van der Waals surface area (Å²) in [5, 5.41) is 0. The molecule has 2 rings (SSSR count). The van der Waals surface area contributed by atoms with E-state index in [1.807, 2.05) is 24.3 Å². The molecule has 0 atom stereocenters. The Morgan fingerprint density at radius 2 is 2.06 bits per heavy atom. The van der Waals surface area contributed by atoms with Crippen LogP contribution in [0.1, 0.15) is 49.4 Å². The molecule has 0 saturated heterocycles. The number of carbonyl (C=O) groups excluding carboxylic acids is 1. The fourth-order valence-electron chi connectivity index (χ4n) is 2.37. The lowest BCUT2D eigenvalue weighted by atomic mass is 9.90. The molecule has 0 spiro atoms. The van der Waals surface area contributed by atoms with Crippen LogP contribution in [-0.2, 0) is 0 Å². The second-order valence-corrected chi connectivity index (χ2v) is 4.90. The van der Waals surface area contributed by atoms with Crippen molar-refractivity contribution in [2.45, 2.75) is 39.0 Å². The van der Waals surface area contributed by atoms with Gasteiger partial charge >= 0.3 is 0 Å². The Morgan fingerprint density at radius 1 is 1.29 bits per heavy atom. The van der Waals surface area contributed by atoms with E-state index in [9.17, 15) is 4.79 Å². The van der Waals surface area contributed by atoms with Gasteiger partial charge in [-0.25, -0.2) is 0 Å². The van der Waals surface area contributed by atoms with Crippen molar-refractivity contribution in [3.05, 3.63) is 29.8 Å². The Bertz CT molecular complexity index is 378. The molecular formula is C15H20O2. The number of hydrogen-bond acceptors (Lipinski definition) is 2. The largest absolute Gasteiger partial charge is 0.493 e. The lowest BCUT2D eigenvalue weighted by molar-refractivity contribution is 0.101. The zero-order chi connectivity index (χ0) is 12.1. The number of Topliss-reactive ketones (excluding diaryl/α,β-unsaturated/α-hetero) is 1. The highest BCUT2D eigenvalue weighted by Crippen LogP contribution is 2.24. The molecule has 92 valence electrons. The summed E-state index contributed by atoms with van der Waals surface area (Å²) in [4.78, 5) is 11.2. The highest BCUT2D eigenvalue weighted by molar-refractivity contribution is 5.94. The maximum atomic E-state index is 11.2. The number of hydrogen-bond donors (Lipinski definition) is 0. The molecule has 2 heteroatoms. The molecule has 1 aromatic carbocycles. The Morgan fingerprint density at radius 3 is 2.76 bits per heavy atom. The van der Waals surface area contributed by atoms with E-state index in [2.05, 4.69) is 0 Å².